The van der Waals surface area contributed by atoms with Crippen LogP contribution in [0.4, 0.5) is 5.69 Å². The van der Waals surface area contributed by atoms with E-state index < -0.39 is 0 Å². The fraction of sp³-hybridized carbons (Fsp3) is 0.176. The van der Waals surface area contributed by atoms with Crippen LogP contribution in [-0.2, 0) is 6.42 Å². The van der Waals surface area contributed by atoms with Crippen molar-refractivity contribution in [2.75, 3.05) is 19.0 Å². The number of nitrogens with one attached hydrogen (secondary N) is 2. The molecule has 0 saturated heterocycles. The standard InChI is InChI=1S/C17H18N2O/c1-20-15-8-6-14(7-9-15)18-11-10-13-12-19-17-5-3-2-4-16(13)17/h2-9,12,18-19H,10-11H2,1H3. The molecule has 2 N–H and O–H groups in total. The maximum absolute atomic E-state index is 5.15. The molecule has 0 bridgehead atoms. The van der Waals surface area contributed by atoms with Gasteiger partial charge in [-0.15, -0.1) is 0 Å². The fourth-order valence-corrected chi connectivity index (χ4v) is 2.39. The lowest BCUT2D eigenvalue weighted by atomic mass is 10.1. The number of hydrogen-bond donors (Lipinski definition) is 2. The van der Waals surface area contributed by atoms with Crippen molar-refractivity contribution in [3.05, 3.63) is 60.3 Å². The van der Waals surface area contributed by atoms with Gasteiger partial charge in [0, 0.05) is 29.3 Å². The number of methoxy groups -OCH3 is 1. The van der Waals surface area contributed by atoms with Crippen LogP contribution in [0.3, 0.4) is 0 Å². The summed E-state index contributed by atoms with van der Waals surface area (Å²) >= 11 is 0. The van der Waals surface area contributed by atoms with Crippen LogP contribution in [0.2, 0.25) is 0 Å². The van der Waals surface area contributed by atoms with Crippen LogP contribution < -0.4 is 10.1 Å². The number of H-pyrrole nitrogens is 1. The Balaban J connectivity index is 1.62. The van der Waals surface area contributed by atoms with Gasteiger partial charge in [-0.3, -0.25) is 0 Å². The van der Waals surface area contributed by atoms with Crippen LogP contribution >= 0.6 is 0 Å². The molecule has 0 aliphatic carbocycles. The number of hydrogen-bond acceptors (Lipinski definition) is 2. The molecule has 2 aromatic carbocycles. The summed E-state index contributed by atoms with van der Waals surface area (Å²) in [5.74, 6) is 0.882. The van der Waals surface area contributed by atoms with Gasteiger partial charge in [0.2, 0.25) is 0 Å². The molecular formula is C17H18N2O. The highest BCUT2D eigenvalue weighted by molar-refractivity contribution is 5.83. The molecule has 0 saturated carbocycles. The maximum atomic E-state index is 5.15. The lowest BCUT2D eigenvalue weighted by Gasteiger charge is -2.07. The topological polar surface area (TPSA) is 37.0 Å². The van der Waals surface area contributed by atoms with E-state index in [2.05, 4.69) is 40.8 Å². The summed E-state index contributed by atoms with van der Waals surface area (Å²) < 4.78 is 5.15. The number of para-hydroxylation sites is 1. The number of anilines is 1. The van der Waals surface area contributed by atoms with Crippen molar-refractivity contribution in [3.8, 4) is 5.75 Å². The zero-order valence-electron chi connectivity index (χ0n) is 11.5. The van der Waals surface area contributed by atoms with Crippen LogP contribution in [0, 0.1) is 0 Å². The lowest BCUT2D eigenvalue weighted by Crippen LogP contribution is -2.04. The van der Waals surface area contributed by atoms with Crippen molar-refractivity contribution in [1.82, 2.24) is 4.98 Å². The first-order chi connectivity index (χ1) is 9.86. The molecule has 0 amide bonds. The number of ether oxygens (including phenoxy) is 1. The predicted molar refractivity (Wildman–Crippen MR) is 83.5 cm³/mol. The van der Waals surface area contributed by atoms with Crippen LogP contribution in [0.1, 0.15) is 5.56 Å². The predicted octanol–water partition coefficient (Wildman–Crippen LogP) is 3.83. The summed E-state index contributed by atoms with van der Waals surface area (Å²) in [7, 11) is 1.68. The summed E-state index contributed by atoms with van der Waals surface area (Å²) in [6, 6.07) is 16.4. The molecule has 20 heavy (non-hydrogen) atoms. The first kappa shape index (κ1) is 12.6. The average Bonchev–Trinajstić information content (AvgIpc) is 2.92. The summed E-state index contributed by atoms with van der Waals surface area (Å²) in [5, 5.41) is 4.74. The Morgan fingerprint density at radius 3 is 2.65 bits per heavy atom. The molecule has 3 rings (SSSR count). The molecule has 0 atom stereocenters. The van der Waals surface area contributed by atoms with E-state index in [9.17, 15) is 0 Å². The van der Waals surface area contributed by atoms with E-state index in [1.54, 1.807) is 7.11 Å². The molecule has 3 aromatic rings. The van der Waals surface area contributed by atoms with E-state index in [4.69, 9.17) is 4.74 Å². The third kappa shape index (κ3) is 2.62. The Morgan fingerprint density at radius 1 is 1.05 bits per heavy atom. The van der Waals surface area contributed by atoms with Crippen molar-refractivity contribution >= 4 is 16.6 Å². The normalized spacial score (nSPS) is 10.7. The van der Waals surface area contributed by atoms with Gasteiger partial charge < -0.3 is 15.0 Å². The van der Waals surface area contributed by atoms with Gasteiger partial charge >= 0.3 is 0 Å². The molecule has 0 aliphatic rings. The maximum Gasteiger partial charge on any atom is 0.119 e. The van der Waals surface area contributed by atoms with Crippen LogP contribution in [0.5, 0.6) is 5.75 Å². The molecule has 0 spiro atoms. The zero-order chi connectivity index (χ0) is 13.8. The molecular weight excluding hydrogens is 248 g/mol. The van der Waals surface area contributed by atoms with E-state index in [0.29, 0.717) is 0 Å². The van der Waals surface area contributed by atoms with Crippen LogP contribution in [0.15, 0.2) is 54.7 Å². The molecule has 0 radical (unpaired) electrons. The first-order valence-corrected chi connectivity index (χ1v) is 6.80. The number of aromatic nitrogens is 1. The monoisotopic (exact) mass is 266 g/mol. The fourth-order valence-electron chi connectivity index (χ4n) is 2.39. The Morgan fingerprint density at radius 2 is 1.85 bits per heavy atom. The van der Waals surface area contributed by atoms with E-state index in [0.717, 1.165) is 24.4 Å². The summed E-state index contributed by atoms with van der Waals surface area (Å²) in [6.07, 6.45) is 3.09. The summed E-state index contributed by atoms with van der Waals surface area (Å²) in [6.45, 7) is 0.911. The highest BCUT2D eigenvalue weighted by Gasteiger charge is 2.02. The summed E-state index contributed by atoms with van der Waals surface area (Å²) in [4.78, 5) is 3.31. The Hall–Kier alpha value is -2.42. The van der Waals surface area contributed by atoms with Gasteiger partial charge in [-0.2, -0.15) is 0 Å². The molecule has 0 aliphatic heterocycles. The minimum Gasteiger partial charge on any atom is -0.497 e. The number of benzene rings is 2. The van der Waals surface area contributed by atoms with Gasteiger partial charge in [-0.25, -0.2) is 0 Å². The molecule has 3 heteroatoms. The SMILES string of the molecule is COc1ccc(NCCc2c[nH]c3ccccc23)cc1. The van der Waals surface area contributed by atoms with Crippen molar-refractivity contribution in [2.45, 2.75) is 6.42 Å². The molecule has 102 valence electrons. The zero-order valence-corrected chi connectivity index (χ0v) is 11.5. The molecule has 0 unspecified atom stereocenters. The third-order valence-corrected chi connectivity index (χ3v) is 3.49. The summed E-state index contributed by atoms with van der Waals surface area (Å²) in [5.41, 5.74) is 3.67. The van der Waals surface area contributed by atoms with Crippen molar-refractivity contribution in [3.63, 3.8) is 0 Å². The van der Waals surface area contributed by atoms with Gasteiger partial charge in [0.1, 0.15) is 5.75 Å². The van der Waals surface area contributed by atoms with Crippen LogP contribution in [0.25, 0.3) is 10.9 Å². The van der Waals surface area contributed by atoms with Gasteiger partial charge in [0.15, 0.2) is 0 Å². The Kier molecular flexibility index (Phi) is 3.59. The molecule has 1 heterocycles. The van der Waals surface area contributed by atoms with E-state index in [1.807, 2.05) is 24.3 Å². The molecule has 0 fully saturated rings. The minimum atomic E-state index is 0.882. The van der Waals surface area contributed by atoms with Crippen molar-refractivity contribution in [2.24, 2.45) is 0 Å². The number of rotatable bonds is 5. The third-order valence-electron chi connectivity index (χ3n) is 3.49. The lowest BCUT2D eigenvalue weighted by molar-refractivity contribution is 0.415. The highest BCUT2D eigenvalue weighted by Crippen LogP contribution is 2.19. The molecule has 3 nitrogen and oxygen atoms in total. The average molecular weight is 266 g/mol. The van der Waals surface area contributed by atoms with Gasteiger partial charge in [0.25, 0.3) is 0 Å². The van der Waals surface area contributed by atoms with E-state index in [-0.39, 0.29) is 0 Å². The second kappa shape index (κ2) is 5.70. The smallest absolute Gasteiger partial charge is 0.119 e. The van der Waals surface area contributed by atoms with E-state index in [1.165, 1.54) is 16.5 Å². The van der Waals surface area contributed by atoms with Gasteiger partial charge in [0.05, 0.1) is 7.11 Å². The van der Waals surface area contributed by atoms with Crippen molar-refractivity contribution in [1.29, 1.82) is 0 Å². The van der Waals surface area contributed by atoms with Gasteiger partial charge in [-0.1, -0.05) is 18.2 Å². The van der Waals surface area contributed by atoms with Crippen molar-refractivity contribution < 1.29 is 4.74 Å². The molecule has 1 aromatic heterocycles. The van der Waals surface area contributed by atoms with Crippen LogP contribution in [-0.4, -0.2) is 18.6 Å². The van der Waals surface area contributed by atoms with E-state index >= 15 is 0 Å². The Labute approximate surface area is 118 Å². The number of fused-ring (bicyclic) bond motifs is 1. The largest absolute Gasteiger partial charge is 0.497 e. The quantitative estimate of drug-likeness (QED) is 0.736. The minimum absolute atomic E-state index is 0.882. The Bertz CT molecular complexity index is 686. The highest BCUT2D eigenvalue weighted by atomic mass is 16.5. The van der Waals surface area contributed by atoms with Gasteiger partial charge in [-0.05, 0) is 42.3 Å². The second-order valence-electron chi connectivity index (χ2n) is 4.76. The first-order valence-electron chi connectivity index (χ1n) is 6.80. The number of aromatic amines is 1. The second-order valence-corrected chi connectivity index (χ2v) is 4.76.